The molecule has 1 aromatic carbocycles. The molecule has 1 heterocycles. The maximum absolute atomic E-state index is 11.9. The lowest BCUT2D eigenvalue weighted by atomic mass is 10.1. The first-order chi connectivity index (χ1) is 8.96. The van der Waals surface area contributed by atoms with Crippen molar-refractivity contribution in [1.29, 1.82) is 0 Å². The Hall–Kier alpha value is -1.86. The molecule has 2 rings (SSSR count). The molecule has 2 aromatic rings. The molecule has 5 nitrogen and oxygen atoms in total. The summed E-state index contributed by atoms with van der Waals surface area (Å²) in [5.41, 5.74) is 1.20. The Morgan fingerprint density at radius 1 is 1.21 bits per heavy atom. The Labute approximate surface area is 114 Å². The molecule has 0 fully saturated rings. The highest BCUT2D eigenvalue weighted by Gasteiger charge is 2.12. The van der Waals surface area contributed by atoms with E-state index in [1.807, 2.05) is 0 Å². The Morgan fingerprint density at radius 2 is 1.89 bits per heavy atom. The van der Waals surface area contributed by atoms with Crippen molar-refractivity contribution in [2.45, 2.75) is 5.75 Å². The summed E-state index contributed by atoms with van der Waals surface area (Å²) in [6.07, 6.45) is 0. The predicted molar refractivity (Wildman–Crippen MR) is 74.0 cm³/mol. The molecular weight excluding hydrogens is 286 g/mol. The number of anilines is 1. The van der Waals surface area contributed by atoms with Gasteiger partial charge in [0, 0.05) is 5.38 Å². The van der Waals surface area contributed by atoms with Crippen LogP contribution >= 0.6 is 11.3 Å². The molecule has 0 aliphatic heterocycles. The van der Waals surface area contributed by atoms with Crippen molar-refractivity contribution in [3.8, 4) is 0 Å². The number of carbonyl (C=O) groups is 1. The summed E-state index contributed by atoms with van der Waals surface area (Å²) in [6, 6.07) is 7.44. The second-order valence-corrected chi connectivity index (χ2v) is 6.38. The fraction of sp³-hybridized carbons (Fsp3) is 0.0833. The van der Waals surface area contributed by atoms with E-state index < -0.39 is 16.0 Å². The van der Waals surface area contributed by atoms with Crippen LogP contribution in [-0.2, 0) is 15.8 Å². The van der Waals surface area contributed by atoms with Crippen molar-refractivity contribution in [2.24, 2.45) is 0 Å². The molecule has 2 N–H and O–H groups in total. The summed E-state index contributed by atoms with van der Waals surface area (Å²) in [5.74, 6) is -1.23. The van der Waals surface area contributed by atoms with Crippen LogP contribution in [0.25, 0.3) is 0 Å². The fourth-order valence-electron chi connectivity index (χ4n) is 1.50. The number of carboxylic acids is 1. The number of carboxylic acid groups (broad SMARTS) is 1. The number of hydrogen-bond donors (Lipinski definition) is 2. The van der Waals surface area contributed by atoms with Crippen LogP contribution in [0.4, 0.5) is 5.69 Å². The van der Waals surface area contributed by atoms with Gasteiger partial charge >= 0.3 is 5.97 Å². The summed E-state index contributed by atoms with van der Waals surface area (Å²) in [5, 5.41) is 12.2. The molecule has 0 saturated heterocycles. The maximum atomic E-state index is 11.9. The van der Waals surface area contributed by atoms with Crippen molar-refractivity contribution in [3.63, 3.8) is 0 Å². The fourth-order valence-corrected chi connectivity index (χ4v) is 3.35. The van der Waals surface area contributed by atoms with E-state index in [2.05, 4.69) is 4.72 Å². The van der Waals surface area contributed by atoms with E-state index in [9.17, 15) is 13.2 Å². The van der Waals surface area contributed by atoms with E-state index in [1.165, 1.54) is 35.6 Å². The Balaban J connectivity index is 2.09. The van der Waals surface area contributed by atoms with E-state index in [0.717, 1.165) is 0 Å². The molecule has 0 unspecified atom stereocenters. The van der Waals surface area contributed by atoms with Gasteiger partial charge in [0.05, 0.1) is 17.0 Å². The smallest absolute Gasteiger partial charge is 0.335 e. The number of benzene rings is 1. The average Bonchev–Trinajstić information content (AvgIpc) is 2.81. The number of rotatable bonds is 5. The highest BCUT2D eigenvalue weighted by molar-refractivity contribution is 7.91. The van der Waals surface area contributed by atoms with Crippen LogP contribution in [0.15, 0.2) is 41.1 Å². The summed E-state index contributed by atoms with van der Waals surface area (Å²) >= 11 is 1.40. The zero-order chi connectivity index (χ0) is 13.9. The molecule has 0 spiro atoms. The number of hydrogen-bond acceptors (Lipinski definition) is 4. The summed E-state index contributed by atoms with van der Waals surface area (Å²) < 4.78 is 26.2. The molecule has 0 amide bonds. The van der Waals surface area contributed by atoms with E-state index in [-0.39, 0.29) is 11.3 Å². The predicted octanol–water partition coefficient (Wildman–Crippen LogP) is 2.39. The van der Waals surface area contributed by atoms with Gasteiger partial charge < -0.3 is 5.11 Å². The summed E-state index contributed by atoms with van der Waals surface area (Å²) in [4.78, 5) is 10.7. The molecule has 100 valence electrons. The molecular formula is C12H11NO4S2. The van der Waals surface area contributed by atoms with Crippen LogP contribution in [0.1, 0.15) is 15.9 Å². The monoisotopic (exact) mass is 297 g/mol. The first-order valence-electron chi connectivity index (χ1n) is 5.31. The minimum atomic E-state index is -3.48. The highest BCUT2D eigenvalue weighted by Crippen LogP contribution is 2.16. The lowest BCUT2D eigenvalue weighted by molar-refractivity contribution is 0.0697. The van der Waals surface area contributed by atoms with E-state index in [1.54, 1.807) is 16.8 Å². The first-order valence-corrected chi connectivity index (χ1v) is 7.91. The van der Waals surface area contributed by atoms with Crippen LogP contribution in [0.5, 0.6) is 0 Å². The van der Waals surface area contributed by atoms with Gasteiger partial charge in [0.25, 0.3) is 0 Å². The quantitative estimate of drug-likeness (QED) is 0.887. The third-order valence-electron chi connectivity index (χ3n) is 2.35. The SMILES string of the molecule is O=C(O)c1ccc(CS(=O)(=O)Nc2ccsc2)cc1. The van der Waals surface area contributed by atoms with Crippen molar-refractivity contribution < 1.29 is 18.3 Å². The lowest BCUT2D eigenvalue weighted by Gasteiger charge is -2.06. The van der Waals surface area contributed by atoms with Crippen LogP contribution in [-0.4, -0.2) is 19.5 Å². The van der Waals surface area contributed by atoms with Crippen LogP contribution in [0.3, 0.4) is 0 Å². The normalized spacial score (nSPS) is 11.2. The number of thiophene rings is 1. The lowest BCUT2D eigenvalue weighted by Crippen LogP contribution is -2.14. The topological polar surface area (TPSA) is 83.5 Å². The second kappa shape index (κ2) is 5.41. The molecule has 0 atom stereocenters. The van der Waals surface area contributed by atoms with Crippen molar-refractivity contribution >= 4 is 33.0 Å². The molecule has 0 aliphatic carbocycles. The molecule has 0 aliphatic rings. The largest absolute Gasteiger partial charge is 0.478 e. The minimum Gasteiger partial charge on any atom is -0.478 e. The number of aromatic carboxylic acids is 1. The van der Waals surface area contributed by atoms with E-state index in [4.69, 9.17) is 5.11 Å². The van der Waals surface area contributed by atoms with Crippen molar-refractivity contribution in [2.75, 3.05) is 4.72 Å². The second-order valence-electron chi connectivity index (χ2n) is 3.88. The van der Waals surface area contributed by atoms with Crippen LogP contribution in [0, 0.1) is 0 Å². The minimum absolute atomic E-state index is 0.131. The van der Waals surface area contributed by atoms with E-state index in [0.29, 0.717) is 11.3 Å². The molecule has 0 saturated carbocycles. The van der Waals surface area contributed by atoms with Crippen LogP contribution < -0.4 is 4.72 Å². The van der Waals surface area contributed by atoms with Gasteiger partial charge in [-0.05, 0) is 29.1 Å². The Morgan fingerprint density at radius 3 is 2.42 bits per heavy atom. The van der Waals surface area contributed by atoms with Gasteiger partial charge in [-0.25, -0.2) is 13.2 Å². The number of sulfonamides is 1. The van der Waals surface area contributed by atoms with Gasteiger partial charge in [-0.1, -0.05) is 12.1 Å². The molecule has 19 heavy (non-hydrogen) atoms. The van der Waals surface area contributed by atoms with Gasteiger partial charge in [-0.3, -0.25) is 4.72 Å². The van der Waals surface area contributed by atoms with Gasteiger partial charge in [0.15, 0.2) is 0 Å². The maximum Gasteiger partial charge on any atom is 0.335 e. The molecule has 7 heteroatoms. The molecule has 0 bridgehead atoms. The average molecular weight is 297 g/mol. The zero-order valence-electron chi connectivity index (χ0n) is 9.74. The molecule has 0 radical (unpaired) electrons. The van der Waals surface area contributed by atoms with E-state index >= 15 is 0 Å². The van der Waals surface area contributed by atoms with Gasteiger partial charge in [0.1, 0.15) is 0 Å². The third-order valence-corrected chi connectivity index (χ3v) is 4.30. The van der Waals surface area contributed by atoms with Gasteiger partial charge in [0.2, 0.25) is 10.0 Å². The summed E-state index contributed by atoms with van der Waals surface area (Å²) in [7, 11) is -3.48. The van der Waals surface area contributed by atoms with Gasteiger partial charge in [-0.15, -0.1) is 0 Å². The summed E-state index contributed by atoms with van der Waals surface area (Å²) in [6.45, 7) is 0. The first kappa shape index (κ1) is 13.6. The Bertz CT molecular complexity index is 660. The van der Waals surface area contributed by atoms with Gasteiger partial charge in [-0.2, -0.15) is 11.3 Å². The van der Waals surface area contributed by atoms with Crippen molar-refractivity contribution in [3.05, 3.63) is 52.2 Å². The standard InChI is InChI=1S/C12H11NO4S2/c14-12(15)10-3-1-9(2-4-10)8-19(16,17)13-11-5-6-18-7-11/h1-7,13H,8H2,(H,14,15). The third kappa shape index (κ3) is 3.80. The van der Waals surface area contributed by atoms with Crippen LogP contribution in [0.2, 0.25) is 0 Å². The van der Waals surface area contributed by atoms with Crippen molar-refractivity contribution in [1.82, 2.24) is 0 Å². The molecule has 1 aromatic heterocycles. The highest BCUT2D eigenvalue weighted by atomic mass is 32.2. The Kier molecular flexibility index (Phi) is 3.87. The number of nitrogens with one attached hydrogen (secondary N) is 1. The zero-order valence-corrected chi connectivity index (χ0v) is 11.4.